The summed E-state index contributed by atoms with van der Waals surface area (Å²) in [6.07, 6.45) is 1.78. The normalized spacial score (nSPS) is 10.5. The van der Waals surface area contributed by atoms with Gasteiger partial charge in [0.1, 0.15) is 6.54 Å². The molecule has 0 unspecified atom stereocenters. The molecule has 0 spiro atoms. The summed E-state index contributed by atoms with van der Waals surface area (Å²) in [5.74, 6) is -2.87. The van der Waals surface area contributed by atoms with Gasteiger partial charge in [0.15, 0.2) is 0 Å². The van der Waals surface area contributed by atoms with Gasteiger partial charge in [0.2, 0.25) is 0 Å². The Labute approximate surface area is 115 Å². The molecule has 0 radical (unpaired) electrons. The Hall–Kier alpha value is -1.30. The molecule has 1 aromatic rings. The first-order valence-corrected chi connectivity index (χ1v) is 6.94. The van der Waals surface area contributed by atoms with Gasteiger partial charge in [-0.05, 0) is 18.6 Å². The van der Waals surface area contributed by atoms with E-state index in [1.54, 1.807) is 24.3 Å². The predicted octanol–water partition coefficient (Wildman–Crippen LogP) is 3.76. The van der Waals surface area contributed by atoms with E-state index in [9.17, 15) is 13.6 Å². The van der Waals surface area contributed by atoms with Crippen LogP contribution >= 0.6 is 11.8 Å². The standard InChI is InChI=1S/C13H17F2NO2S/c1-2-3-8-18-12(17)9-16-10-6-4-5-7-11(10)19-13(14)15/h4-7,13,16H,2-3,8-9H2,1H3. The van der Waals surface area contributed by atoms with Gasteiger partial charge in [0, 0.05) is 10.6 Å². The Morgan fingerprint density at radius 1 is 1.42 bits per heavy atom. The molecule has 19 heavy (non-hydrogen) atoms. The van der Waals surface area contributed by atoms with Crippen molar-refractivity contribution in [2.24, 2.45) is 0 Å². The molecule has 1 rings (SSSR count). The molecule has 0 aliphatic heterocycles. The molecule has 3 nitrogen and oxygen atoms in total. The van der Waals surface area contributed by atoms with Gasteiger partial charge in [-0.3, -0.25) is 4.79 Å². The van der Waals surface area contributed by atoms with Crippen LogP contribution in [0.2, 0.25) is 0 Å². The SMILES string of the molecule is CCCCOC(=O)CNc1ccccc1SC(F)F. The number of hydrogen-bond donors (Lipinski definition) is 1. The molecule has 106 valence electrons. The van der Waals surface area contributed by atoms with Gasteiger partial charge in [0.25, 0.3) is 5.76 Å². The van der Waals surface area contributed by atoms with Crippen molar-refractivity contribution in [1.29, 1.82) is 0 Å². The zero-order valence-corrected chi connectivity index (χ0v) is 11.5. The Bertz CT molecular complexity index is 402. The summed E-state index contributed by atoms with van der Waals surface area (Å²) in [5, 5.41) is 2.82. The molecular weight excluding hydrogens is 272 g/mol. The maximum Gasteiger partial charge on any atom is 0.325 e. The van der Waals surface area contributed by atoms with Gasteiger partial charge >= 0.3 is 5.97 Å². The van der Waals surface area contributed by atoms with Gasteiger partial charge in [-0.1, -0.05) is 37.2 Å². The highest BCUT2D eigenvalue weighted by Crippen LogP contribution is 2.31. The fraction of sp³-hybridized carbons (Fsp3) is 0.462. The lowest BCUT2D eigenvalue weighted by molar-refractivity contribution is -0.141. The van der Waals surface area contributed by atoms with E-state index in [1.165, 1.54) is 0 Å². The van der Waals surface area contributed by atoms with Crippen molar-refractivity contribution in [2.75, 3.05) is 18.5 Å². The maximum absolute atomic E-state index is 12.3. The van der Waals surface area contributed by atoms with E-state index in [4.69, 9.17) is 4.74 Å². The molecule has 0 aliphatic rings. The number of ether oxygens (including phenoxy) is 1. The molecule has 0 saturated heterocycles. The number of alkyl halides is 2. The number of unbranched alkanes of at least 4 members (excludes halogenated alkanes) is 1. The Balaban J connectivity index is 2.46. The highest BCUT2D eigenvalue weighted by molar-refractivity contribution is 7.99. The lowest BCUT2D eigenvalue weighted by Gasteiger charge is -2.11. The number of esters is 1. The molecule has 0 amide bonds. The minimum Gasteiger partial charge on any atom is -0.464 e. The van der Waals surface area contributed by atoms with E-state index in [0.717, 1.165) is 12.8 Å². The molecule has 1 aromatic carbocycles. The van der Waals surface area contributed by atoms with Gasteiger partial charge in [0.05, 0.1) is 6.61 Å². The first-order valence-electron chi connectivity index (χ1n) is 6.06. The van der Waals surface area contributed by atoms with Crippen LogP contribution in [0.15, 0.2) is 29.2 Å². The van der Waals surface area contributed by atoms with Crippen LogP contribution < -0.4 is 5.32 Å². The molecule has 0 saturated carbocycles. The van der Waals surface area contributed by atoms with Crippen LogP contribution in [0.1, 0.15) is 19.8 Å². The van der Waals surface area contributed by atoms with Crippen LogP contribution in [0.25, 0.3) is 0 Å². The molecular formula is C13H17F2NO2S. The number of carbonyl (C=O) groups is 1. The average molecular weight is 289 g/mol. The number of halogens is 2. The maximum atomic E-state index is 12.3. The van der Waals surface area contributed by atoms with E-state index >= 15 is 0 Å². The number of nitrogens with one attached hydrogen (secondary N) is 1. The van der Waals surface area contributed by atoms with Crippen molar-refractivity contribution in [3.8, 4) is 0 Å². The smallest absolute Gasteiger partial charge is 0.325 e. The average Bonchev–Trinajstić information content (AvgIpc) is 2.37. The van der Waals surface area contributed by atoms with Crippen molar-refractivity contribution >= 4 is 23.4 Å². The first-order chi connectivity index (χ1) is 9.13. The van der Waals surface area contributed by atoms with Gasteiger partial charge in [-0.2, -0.15) is 8.78 Å². The Morgan fingerprint density at radius 2 is 2.16 bits per heavy atom. The van der Waals surface area contributed by atoms with Crippen molar-refractivity contribution < 1.29 is 18.3 Å². The van der Waals surface area contributed by atoms with Crippen molar-refractivity contribution in [1.82, 2.24) is 0 Å². The molecule has 0 atom stereocenters. The minimum absolute atomic E-state index is 0.0233. The van der Waals surface area contributed by atoms with Crippen LogP contribution in [0, 0.1) is 0 Å². The van der Waals surface area contributed by atoms with E-state index in [2.05, 4.69) is 5.32 Å². The van der Waals surface area contributed by atoms with Crippen LogP contribution in [-0.2, 0) is 9.53 Å². The monoisotopic (exact) mass is 289 g/mol. The lowest BCUT2D eigenvalue weighted by atomic mass is 10.3. The third kappa shape index (κ3) is 6.42. The Morgan fingerprint density at radius 3 is 2.84 bits per heavy atom. The summed E-state index contributed by atoms with van der Waals surface area (Å²) in [5.41, 5.74) is 0.514. The Kier molecular flexibility index (Phi) is 7.25. The zero-order chi connectivity index (χ0) is 14.1. The number of thioether (sulfide) groups is 1. The minimum atomic E-state index is -2.49. The molecule has 6 heteroatoms. The summed E-state index contributed by atoms with van der Waals surface area (Å²) in [7, 11) is 0. The summed E-state index contributed by atoms with van der Waals surface area (Å²) in [6, 6.07) is 6.64. The zero-order valence-electron chi connectivity index (χ0n) is 10.7. The van der Waals surface area contributed by atoms with Gasteiger partial charge in [-0.15, -0.1) is 0 Å². The predicted molar refractivity (Wildman–Crippen MR) is 72.7 cm³/mol. The molecule has 0 fully saturated rings. The molecule has 1 N–H and O–H groups in total. The second-order valence-electron chi connectivity index (χ2n) is 3.80. The van der Waals surface area contributed by atoms with Gasteiger partial charge < -0.3 is 10.1 Å². The summed E-state index contributed by atoms with van der Waals surface area (Å²) in [4.78, 5) is 11.8. The van der Waals surface area contributed by atoms with E-state index in [-0.39, 0.29) is 12.5 Å². The largest absolute Gasteiger partial charge is 0.464 e. The summed E-state index contributed by atoms with van der Waals surface area (Å²) < 4.78 is 29.7. The first kappa shape index (κ1) is 15.8. The van der Waals surface area contributed by atoms with E-state index < -0.39 is 5.76 Å². The highest BCUT2D eigenvalue weighted by atomic mass is 32.2. The third-order valence-corrected chi connectivity index (χ3v) is 3.08. The molecule has 0 bridgehead atoms. The van der Waals surface area contributed by atoms with E-state index in [0.29, 0.717) is 29.0 Å². The number of hydrogen-bond acceptors (Lipinski definition) is 4. The summed E-state index contributed by atoms with van der Waals surface area (Å²) in [6.45, 7) is 2.37. The number of rotatable bonds is 8. The van der Waals surface area contributed by atoms with Crippen LogP contribution in [0.3, 0.4) is 0 Å². The second kappa shape index (κ2) is 8.74. The lowest BCUT2D eigenvalue weighted by Crippen LogP contribution is -2.17. The van der Waals surface area contributed by atoms with Crippen LogP contribution in [0.4, 0.5) is 14.5 Å². The summed E-state index contributed by atoms with van der Waals surface area (Å²) >= 11 is 0.450. The quantitative estimate of drug-likeness (QED) is 0.449. The highest BCUT2D eigenvalue weighted by Gasteiger charge is 2.10. The van der Waals surface area contributed by atoms with Gasteiger partial charge in [-0.25, -0.2) is 0 Å². The third-order valence-electron chi connectivity index (χ3n) is 2.29. The molecule has 0 heterocycles. The number of anilines is 1. The van der Waals surface area contributed by atoms with Crippen LogP contribution in [-0.4, -0.2) is 24.9 Å². The number of carbonyl (C=O) groups excluding carboxylic acids is 1. The fourth-order valence-electron chi connectivity index (χ4n) is 1.36. The van der Waals surface area contributed by atoms with Crippen molar-refractivity contribution in [3.63, 3.8) is 0 Å². The fourth-order valence-corrected chi connectivity index (χ4v) is 1.98. The van der Waals surface area contributed by atoms with Crippen molar-refractivity contribution in [2.45, 2.75) is 30.4 Å². The number of benzene rings is 1. The molecule has 0 aromatic heterocycles. The second-order valence-corrected chi connectivity index (χ2v) is 4.83. The topological polar surface area (TPSA) is 38.3 Å². The van der Waals surface area contributed by atoms with E-state index in [1.807, 2.05) is 6.92 Å². The van der Waals surface area contributed by atoms with Crippen molar-refractivity contribution in [3.05, 3.63) is 24.3 Å². The molecule has 0 aliphatic carbocycles. The number of para-hydroxylation sites is 1. The van der Waals surface area contributed by atoms with Crippen LogP contribution in [0.5, 0.6) is 0 Å².